The van der Waals surface area contributed by atoms with E-state index in [1.165, 1.54) is 5.56 Å². The van der Waals surface area contributed by atoms with Gasteiger partial charge in [-0.15, -0.1) is 0 Å². The Kier molecular flexibility index (Phi) is 4.25. The van der Waals surface area contributed by atoms with Crippen molar-refractivity contribution in [1.29, 1.82) is 0 Å². The van der Waals surface area contributed by atoms with Crippen molar-refractivity contribution in [3.63, 3.8) is 0 Å². The lowest BCUT2D eigenvalue weighted by Crippen LogP contribution is -2.14. The second kappa shape index (κ2) is 6.10. The van der Waals surface area contributed by atoms with Crippen molar-refractivity contribution in [3.8, 4) is 5.75 Å². The summed E-state index contributed by atoms with van der Waals surface area (Å²) in [6, 6.07) is 12.8. The normalized spacial score (nSPS) is 10.1. The van der Waals surface area contributed by atoms with E-state index < -0.39 is 0 Å². The summed E-state index contributed by atoms with van der Waals surface area (Å²) in [6.45, 7) is 2.07. The largest absolute Gasteiger partial charge is 0.497 e. The first-order valence-electron chi connectivity index (χ1n) is 6.48. The first-order chi connectivity index (χ1) is 9.63. The zero-order valence-corrected chi connectivity index (χ0v) is 11.6. The maximum Gasteiger partial charge on any atom is 0.257 e. The van der Waals surface area contributed by atoms with E-state index in [0.717, 1.165) is 12.1 Å². The Morgan fingerprint density at radius 1 is 1.25 bits per heavy atom. The molecule has 2 aromatic rings. The molecule has 0 spiro atoms. The lowest BCUT2D eigenvalue weighted by molar-refractivity contribution is 0.102. The Balaban J connectivity index is 2.23. The van der Waals surface area contributed by atoms with E-state index in [1.54, 1.807) is 25.3 Å². The van der Waals surface area contributed by atoms with Crippen LogP contribution < -0.4 is 15.8 Å². The lowest BCUT2D eigenvalue weighted by Gasteiger charge is -2.10. The van der Waals surface area contributed by atoms with Gasteiger partial charge in [0.15, 0.2) is 0 Å². The van der Waals surface area contributed by atoms with E-state index in [-0.39, 0.29) is 5.91 Å². The zero-order chi connectivity index (χ0) is 14.5. The molecule has 0 aliphatic heterocycles. The quantitative estimate of drug-likeness (QED) is 0.839. The summed E-state index contributed by atoms with van der Waals surface area (Å²) < 4.78 is 5.11. The van der Waals surface area contributed by atoms with Crippen molar-refractivity contribution in [2.45, 2.75) is 13.3 Å². The van der Waals surface area contributed by atoms with E-state index >= 15 is 0 Å². The number of hydrogen-bond acceptors (Lipinski definition) is 3. The number of nitrogens with one attached hydrogen (secondary N) is 1. The molecule has 0 unspecified atom stereocenters. The lowest BCUT2D eigenvalue weighted by atomic mass is 10.1. The molecule has 0 heterocycles. The van der Waals surface area contributed by atoms with Crippen molar-refractivity contribution < 1.29 is 9.53 Å². The summed E-state index contributed by atoms with van der Waals surface area (Å²) >= 11 is 0. The summed E-state index contributed by atoms with van der Waals surface area (Å²) in [4.78, 5) is 12.3. The minimum atomic E-state index is -0.241. The standard InChI is InChI=1S/C16H18N2O2/c1-3-11-5-4-6-12(9-11)18-16(19)14-10-13(20-2)7-8-15(14)17/h4-10H,3,17H2,1-2H3,(H,18,19). The Morgan fingerprint density at radius 3 is 2.75 bits per heavy atom. The summed E-state index contributed by atoms with van der Waals surface area (Å²) in [5.74, 6) is 0.362. The SMILES string of the molecule is CCc1cccc(NC(=O)c2cc(OC)ccc2N)c1. The van der Waals surface area contributed by atoms with Crippen LogP contribution in [0, 0.1) is 0 Å². The number of amides is 1. The van der Waals surface area contributed by atoms with Gasteiger partial charge in [0.1, 0.15) is 5.75 Å². The molecule has 20 heavy (non-hydrogen) atoms. The third-order valence-corrected chi connectivity index (χ3v) is 3.10. The number of anilines is 2. The van der Waals surface area contributed by atoms with Crippen molar-refractivity contribution in [2.75, 3.05) is 18.2 Å². The van der Waals surface area contributed by atoms with Gasteiger partial charge in [0.25, 0.3) is 5.91 Å². The van der Waals surface area contributed by atoms with E-state index in [1.807, 2.05) is 24.3 Å². The molecular formula is C16H18N2O2. The van der Waals surface area contributed by atoms with Gasteiger partial charge in [-0.05, 0) is 42.3 Å². The van der Waals surface area contributed by atoms with Gasteiger partial charge >= 0.3 is 0 Å². The number of aryl methyl sites for hydroxylation is 1. The maximum atomic E-state index is 12.3. The molecule has 4 nitrogen and oxygen atoms in total. The molecule has 0 fully saturated rings. The predicted octanol–water partition coefficient (Wildman–Crippen LogP) is 3.09. The predicted molar refractivity (Wildman–Crippen MR) is 81.2 cm³/mol. The molecule has 1 amide bonds. The number of benzene rings is 2. The van der Waals surface area contributed by atoms with Gasteiger partial charge in [-0.3, -0.25) is 4.79 Å². The molecule has 0 atom stereocenters. The van der Waals surface area contributed by atoms with E-state index in [4.69, 9.17) is 10.5 Å². The molecule has 0 radical (unpaired) electrons. The number of ether oxygens (including phenoxy) is 1. The third kappa shape index (κ3) is 3.09. The van der Waals surface area contributed by atoms with Crippen LogP contribution >= 0.6 is 0 Å². The number of nitrogen functional groups attached to an aromatic ring is 1. The topological polar surface area (TPSA) is 64.3 Å². The van der Waals surface area contributed by atoms with Crippen LogP contribution in [-0.2, 0) is 6.42 Å². The molecule has 4 heteroatoms. The smallest absolute Gasteiger partial charge is 0.257 e. The van der Waals surface area contributed by atoms with Crippen LogP contribution in [0.25, 0.3) is 0 Å². The number of methoxy groups -OCH3 is 1. The highest BCUT2D eigenvalue weighted by atomic mass is 16.5. The van der Waals surface area contributed by atoms with Gasteiger partial charge in [-0.1, -0.05) is 19.1 Å². The van der Waals surface area contributed by atoms with Gasteiger partial charge in [0.05, 0.1) is 12.7 Å². The molecule has 0 aliphatic rings. The molecule has 0 bridgehead atoms. The van der Waals surface area contributed by atoms with E-state index in [9.17, 15) is 4.79 Å². The summed E-state index contributed by atoms with van der Waals surface area (Å²) in [5.41, 5.74) is 8.60. The molecule has 0 saturated heterocycles. The number of hydrogen-bond donors (Lipinski definition) is 2. The fraction of sp³-hybridized carbons (Fsp3) is 0.188. The monoisotopic (exact) mass is 270 g/mol. The van der Waals surface area contributed by atoms with E-state index in [2.05, 4.69) is 12.2 Å². The second-order valence-electron chi connectivity index (χ2n) is 4.46. The molecule has 0 saturated carbocycles. The highest BCUT2D eigenvalue weighted by Crippen LogP contribution is 2.21. The summed E-state index contributed by atoms with van der Waals surface area (Å²) in [7, 11) is 1.55. The molecule has 2 rings (SSSR count). The maximum absolute atomic E-state index is 12.3. The third-order valence-electron chi connectivity index (χ3n) is 3.10. The minimum absolute atomic E-state index is 0.241. The molecule has 104 valence electrons. The number of rotatable bonds is 4. The van der Waals surface area contributed by atoms with Crippen LogP contribution in [-0.4, -0.2) is 13.0 Å². The zero-order valence-electron chi connectivity index (χ0n) is 11.6. The Labute approximate surface area is 118 Å². The Bertz CT molecular complexity index is 624. The number of nitrogens with two attached hydrogens (primary N) is 1. The van der Waals surface area contributed by atoms with Gasteiger partial charge in [0, 0.05) is 11.4 Å². The second-order valence-corrected chi connectivity index (χ2v) is 4.46. The highest BCUT2D eigenvalue weighted by Gasteiger charge is 2.11. The van der Waals surface area contributed by atoms with E-state index in [0.29, 0.717) is 17.0 Å². The molecular weight excluding hydrogens is 252 g/mol. The van der Waals surface area contributed by atoms with Gasteiger partial charge < -0.3 is 15.8 Å². The van der Waals surface area contributed by atoms with Gasteiger partial charge in [0.2, 0.25) is 0 Å². The average molecular weight is 270 g/mol. The minimum Gasteiger partial charge on any atom is -0.497 e. The molecule has 0 aromatic heterocycles. The summed E-state index contributed by atoms with van der Waals surface area (Å²) in [5, 5.41) is 2.85. The van der Waals surface area contributed by atoms with Gasteiger partial charge in [-0.2, -0.15) is 0 Å². The fourth-order valence-corrected chi connectivity index (χ4v) is 1.93. The van der Waals surface area contributed by atoms with Gasteiger partial charge in [-0.25, -0.2) is 0 Å². The van der Waals surface area contributed by atoms with Crippen LogP contribution in [0.4, 0.5) is 11.4 Å². The van der Waals surface area contributed by atoms with Crippen molar-refractivity contribution in [3.05, 3.63) is 53.6 Å². The molecule has 2 aromatic carbocycles. The van der Waals surface area contributed by atoms with Crippen LogP contribution in [0.1, 0.15) is 22.8 Å². The van der Waals surface area contributed by atoms with Crippen molar-refractivity contribution in [2.24, 2.45) is 0 Å². The number of carbonyl (C=O) groups is 1. The first-order valence-corrected chi connectivity index (χ1v) is 6.48. The van der Waals surface area contributed by atoms with Crippen LogP contribution in [0.2, 0.25) is 0 Å². The summed E-state index contributed by atoms with van der Waals surface area (Å²) in [6.07, 6.45) is 0.922. The molecule has 0 aliphatic carbocycles. The van der Waals surface area contributed by atoms with Crippen LogP contribution in [0.3, 0.4) is 0 Å². The van der Waals surface area contributed by atoms with Crippen LogP contribution in [0.5, 0.6) is 5.75 Å². The Morgan fingerprint density at radius 2 is 2.05 bits per heavy atom. The number of carbonyl (C=O) groups excluding carboxylic acids is 1. The Hall–Kier alpha value is -2.49. The van der Waals surface area contributed by atoms with Crippen LogP contribution in [0.15, 0.2) is 42.5 Å². The fourth-order valence-electron chi connectivity index (χ4n) is 1.93. The highest BCUT2D eigenvalue weighted by molar-refractivity contribution is 6.08. The average Bonchev–Trinajstić information content (AvgIpc) is 2.47. The molecule has 3 N–H and O–H groups in total. The first kappa shape index (κ1) is 13.9. The van der Waals surface area contributed by atoms with Crippen molar-refractivity contribution in [1.82, 2.24) is 0 Å². The van der Waals surface area contributed by atoms with Crippen molar-refractivity contribution >= 4 is 17.3 Å².